The summed E-state index contributed by atoms with van der Waals surface area (Å²) in [6.07, 6.45) is 0.673. The number of fused-ring (bicyclic) bond motifs is 2. The van der Waals surface area contributed by atoms with E-state index in [1.54, 1.807) is 30.3 Å². The van der Waals surface area contributed by atoms with Gasteiger partial charge in [-0.3, -0.25) is 4.79 Å². The molecule has 3 rings (SSSR count). The van der Waals surface area contributed by atoms with Crippen molar-refractivity contribution in [1.82, 2.24) is 4.90 Å². The molecule has 2 aromatic carbocycles. The zero-order chi connectivity index (χ0) is 24.6. The van der Waals surface area contributed by atoms with E-state index in [1.807, 2.05) is 12.1 Å². The molecular formula is C21H23NO3. The van der Waals surface area contributed by atoms with E-state index >= 15 is 0 Å². The van der Waals surface area contributed by atoms with Crippen molar-refractivity contribution in [2.45, 2.75) is 19.4 Å². The standard InChI is InChI=1S/C21H23NO3/c1-22(2)11-5-8-18-17-7-4-3-6-16(17)14-25-20-10-9-15(12-19(18)20)13-21(23)24/h3-4,6-10,12H,5,11,13-14H2,1-2H3,(H,23,24)/b18-8+/i1D3,2D3,11D2. The van der Waals surface area contributed by atoms with Crippen molar-refractivity contribution in [3.05, 3.63) is 70.8 Å². The van der Waals surface area contributed by atoms with Crippen molar-refractivity contribution < 1.29 is 25.6 Å². The van der Waals surface area contributed by atoms with E-state index < -0.39 is 32.8 Å². The van der Waals surface area contributed by atoms with Crippen molar-refractivity contribution in [3.8, 4) is 5.75 Å². The van der Waals surface area contributed by atoms with Gasteiger partial charge in [-0.05, 0) is 54.8 Å². The normalized spacial score (nSPS) is 20.9. The Morgan fingerprint density at radius 1 is 1.32 bits per heavy atom. The lowest BCUT2D eigenvalue weighted by Crippen LogP contribution is -2.12. The molecule has 0 radical (unpaired) electrons. The maximum atomic E-state index is 11.2. The van der Waals surface area contributed by atoms with Crippen LogP contribution in [0.25, 0.3) is 5.57 Å². The molecule has 2 aromatic rings. The van der Waals surface area contributed by atoms with Gasteiger partial charge in [-0.1, -0.05) is 36.4 Å². The molecule has 1 N–H and O–H groups in total. The summed E-state index contributed by atoms with van der Waals surface area (Å²) < 4.78 is 67.8. The highest BCUT2D eigenvalue weighted by Crippen LogP contribution is 2.37. The molecule has 1 aliphatic rings. The SMILES string of the molecule is [2H]C([2H])([2H])N(C([2H])([2H])[2H])C([2H])([2H])C/C=C1\c2ccccc2COc2ccc(CC(=O)O)cc21. The Morgan fingerprint density at radius 2 is 2.16 bits per heavy atom. The van der Waals surface area contributed by atoms with E-state index in [0.717, 1.165) is 5.56 Å². The van der Waals surface area contributed by atoms with Gasteiger partial charge >= 0.3 is 5.97 Å². The predicted octanol–water partition coefficient (Wildman–Crippen LogP) is 3.59. The summed E-state index contributed by atoms with van der Waals surface area (Å²) in [4.78, 5) is 11.1. The van der Waals surface area contributed by atoms with Crippen molar-refractivity contribution >= 4 is 11.5 Å². The molecule has 0 amide bonds. The first-order valence-corrected chi connectivity index (χ1v) is 7.77. The van der Waals surface area contributed by atoms with Crippen LogP contribution in [0.3, 0.4) is 0 Å². The molecule has 0 saturated heterocycles. The van der Waals surface area contributed by atoms with E-state index in [0.29, 0.717) is 28.0 Å². The minimum absolute atomic E-state index is 0.0784. The van der Waals surface area contributed by atoms with Gasteiger partial charge in [-0.15, -0.1) is 0 Å². The summed E-state index contributed by atoms with van der Waals surface area (Å²) in [5.74, 6) is -0.562. The lowest BCUT2D eigenvalue weighted by molar-refractivity contribution is -0.136. The van der Waals surface area contributed by atoms with Crippen molar-refractivity contribution in [2.24, 2.45) is 0 Å². The van der Waals surface area contributed by atoms with E-state index in [4.69, 9.17) is 20.8 Å². The first-order valence-electron chi connectivity index (χ1n) is 11.8. The Morgan fingerprint density at radius 3 is 2.96 bits per heavy atom. The second-order valence-electron chi connectivity index (χ2n) is 5.66. The van der Waals surface area contributed by atoms with E-state index in [-0.39, 0.29) is 17.9 Å². The molecule has 4 nitrogen and oxygen atoms in total. The molecule has 1 aliphatic heterocycles. The second-order valence-corrected chi connectivity index (χ2v) is 5.66. The molecule has 0 aromatic heterocycles. The van der Waals surface area contributed by atoms with Gasteiger partial charge in [0.2, 0.25) is 0 Å². The molecule has 0 unspecified atom stereocenters. The van der Waals surface area contributed by atoms with Gasteiger partial charge in [0.05, 0.1) is 6.42 Å². The Balaban J connectivity index is 2.13. The highest BCUT2D eigenvalue weighted by atomic mass is 16.5. The third kappa shape index (κ3) is 4.09. The Kier molecular flexibility index (Phi) is 2.95. The van der Waals surface area contributed by atoms with Gasteiger partial charge in [0, 0.05) is 23.0 Å². The molecule has 130 valence electrons. The van der Waals surface area contributed by atoms with Crippen LogP contribution < -0.4 is 4.74 Å². The van der Waals surface area contributed by atoms with Crippen LogP contribution in [-0.2, 0) is 17.8 Å². The zero-order valence-corrected chi connectivity index (χ0v) is 13.5. The van der Waals surface area contributed by atoms with Gasteiger partial charge in [0.15, 0.2) is 0 Å². The third-order valence-electron chi connectivity index (χ3n) is 3.94. The van der Waals surface area contributed by atoms with Crippen molar-refractivity contribution in [1.29, 1.82) is 0 Å². The number of rotatable bonds is 5. The fourth-order valence-electron chi connectivity index (χ4n) is 2.87. The molecule has 0 fully saturated rings. The zero-order valence-electron chi connectivity index (χ0n) is 21.5. The fourth-order valence-corrected chi connectivity index (χ4v) is 2.87. The summed E-state index contributed by atoms with van der Waals surface area (Å²) in [5, 5.41) is 9.17. The summed E-state index contributed by atoms with van der Waals surface area (Å²) in [7, 11) is 0. The molecule has 0 spiro atoms. The van der Waals surface area contributed by atoms with Crippen LogP contribution in [0.2, 0.25) is 0 Å². The number of hydrogen-bond acceptors (Lipinski definition) is 3. The fraction of sp³-hybridized carbons (Fsp3) is 0.286. The van der Waals surface area contributed by atoms with Crippen molar-refractivity contribution in [2.75, 3.05) is 20.4 Å². The Labute approximate surface area is 159 Å². The molecule has 0 aliphatic carbocycles. The maximum absolute atomic E-state index is 11.2. The summed E-state index contributed by atoms with van der Waals surface area (Å²) in [5.41, 5.74) is 3.02. The van der Waals surface area contributed by atoms with E-state index in [1.165, 1.54) is 6.08 Å². The number of carboxylic acid groups (broad SMARTS) is 1. The lowest BCUT2D eigenvalue weighted by Gasteiger charge is -2.13. The highest BCUT2D eigenvalue weighted by Gasteiger charge is 2.19. The predicted molar refractivity (Wildman–Crippen MR) is 98.8 cm³/mol. The van der Waals surface area contributed by atoms with Gasteiger partial charge in [0.25, 0.3) is 0 Å². The van der Waals surface area contributed by atoms with Gasteiger partial charge in [0.1, 0.15) is 12.4 Å². The van der Waals surface area contributed by atoms with Crippen LogP contribution in [0, 0.1) is 0 Å². The van der Waals surface area contributed by atoms with Crippen LogP contribution >= 0.6 is 0 Å². The van der Waals surface area contributed by atoms with Crippen molar-refractivity contribution in [3.63, 3.8) is 0 Å². The molecule has 1 heterocycles. The molecule has 0 saturated carbocycles. The van der Waals surface area contributed by atoms with Gasteiger partial charge in [-0.2, -0.15) is 0 Å². The van der Waals surface area contributed by atoms with E-state index in [2.05, 4.69) is 0 Å². The van der Waals surface area contributed by atoms with Crippen LogP contribution in [0.1, 0.15) is 39.6 Å². The van der Waals surface area contributed by atoms with E-state index in [9.17, 15) is 4.79 Å². The Hall–Kier alpha value is -2.59. The first kappa shape index (κ1) is 9.78. The average molecular weight is 345 g/mol. The van der Waals surface area contributed by atoms with Crippen LogP contribution in [0.15, 0.2) is 48.5 Å². The maximum Gasteiger partial charge on any atom is 0.307 e. The number of carboxylic acids is 1. The van der Waals surface area contributed by atoms with Crippen LogP contribution in [0.4, 0.5) is 0 Å². The highest BCUT2D eigenvalue weighted by molar-refractivity contribution is 5.85. The smallest absolute Gasteiger partial charge is 0.307 e. The monoisotopic (exact) mass is 345 g/mol. The third-order valence-corrected chi connectivity index (χ3v) is 3.94. The number of hydrogen-bond donors (Lipinski definition) is 1. The number of nitrogens with zero attached hydrogens (tertiary/aromatic N) is 1. The van der Waals surface area contributed by atoms with Crippen LogP contribution in [0.5, 0.6) is 5.75 Å². The number of carbonyl (C=O) groups is 1. The molecule has 0 atom stereocenters. The molecular weight excluding hydrogens is 314 g/mol. The number of ether oxygens (including phenoxy) is 1. The van der Waals surface area contributed by atoms with Gasteiger partial charge in [-0.25, -0.2) is 0 Å². The summed E-state index contributed by atoms with van der Waals surface area (Å²) >= 11 is 0. The Bertz CT molecular complexity index is 1060. The number of benzene rings is 2. The topological polar surface area (TPSA) is 49.8 Å². The summed E-state index contributed by atoms with van der Waals surface area (Å²) in [6, 6.07) is 12.1. The molecule has 0 bridgehead atoms. The van der Waals surface area contributed by atoms with Gasteiger partial charge < -0.3 is 14.7 Å². The number of aliphatic carboxylic acids is 1. The molecule has 25 heavy (non-hydrogen) atoms. The summed E-state index contributed by atoms with van der Waals surface area (Å²) in [6.45, 7) is -8.89. The minimum Gasteiger partial charge on any atom is -0.488 e. The quantitative estimate of drug-likeness (QED) is 0.900. The lowest BCUT2D eigenvalue weighted by atomic mass is 9.92. The molecule has 4 heteroatoms. The first-order chi connectivity index (χ1) is 15.2. The largest absolute Gasteiger partial charge is 0.488 e. The second kappa shape index (κ2) is 7.53. The van der Waals surface area contributed by atoms with Crippen LogP contribution in [-0.4, -0.2) is 36.4 Å². The minimum atomic E-state index is -3.19. The average Bonchev–Trinajstić information content (AvgIpc) is 2.79.